The first kappa shape index (κ1) is 25.1. The van der Waals surface area contributed by atoms with E-state index in [1.165, 1.54) is 6.07 Å². The van der Waals surface area contributed by atoms with Crippen molar-refractivity contribution in [2.75, 3.05) is 13.1 Å². The highest BCUT2D eigenvalue weighted by Gasteiger charge is 2.32. The first-order valence-electron chi connectivity index (χ1n) is 12.7. The summed E-state index contributed by atoms with van der Waals surface area (Å²) in [6.07, 6.45) is 0.793. The molecule has 39 heavy (non-hydrogen) atoms. The number of fused-ring (bicyclic) bond motifs is 1. The van der Waals surface area contributed by atoms with E-state index >= 15 is 0 Å². The molecule has 1 atom stereocenters. The molecule has 11 heteroatoms. The third-order valence-corrected chi connectivity index (χ3v) is 6.99. The normalized spacial score (nSPS) is 16.6. The molecule has 0 radical (unpaired) electrons. The predicted molar refractivity (Wildman–Crippen MR) is 140 cm³/mol. The van der Waals surface area contributed by atoms with Crippen molar-refractivity contribution in [3.63, 3.8) is 0 Å². The minimum absolute atomic E-state index is 0.0590. The molecular formula is C28H26F3N7O. The highest BCUT2D eigenvalue weighted by Crippen LogP contribution is 2.32. The lowest BCUT2D eigenvalue weighted by atomic mass is 10.0. The highest BCUT2D eigenvalue weighted by molar-refractivity contribution is 5.95. The fraction of sp³-hybridized carbons (Fsp3) is 0.286. The summed E-state index contributed by atoms with van der Waals surface area (Å²) in [5.74, 6) is -0.161. The summed E-state index contributed by atoms with van der Waals surface area (Å²) in [5, 5.41) is 17.5. The molecule has 6 rings (SSSR count). The number of halogens is 3. The topological polar surface area (TPSA) is 84.8 Å². The maximum Gasteiger partial charge on any atom is 0.573 e. The Labute approximate surface area is 222 Å². The van der Waals surface area contributed by atoms with E-state index in [2.05, 4.69) is 41.2 Å². The van der Waals surface area contributed by atoms with Gasteiger partial charge in [0.2, 0.25) is 0 Å². The van der Waals surface area contributed by atoms with E-state index in [-0.39, 0.29) is 11.8 Å². The summed E-state index contributed by atoms with van der Waals surface area (Å²) in [6.45, 7) is 3.74. The average molecular weight is 534 g/mol. The fourth-order valence-electron chi connectivity index (χ4n) is 5.16. The number of alkyl halides is 3. The van der Waals surface area contributed by atoms with E-state index in [1.54, 1.807) is 24.4 Å². The number of benzene rings is 2. The maximum absolute atomic E-state index is 12.9. The molecule has 0 aliphatic carbocycles. The fourth-order valence-corrected chi connectivity index (χ4v) is 5.16. The van der Waals surface area contributed by atoms with Gasteiger partial charge in [-0.1, -0.05) is 29.5 Å². The lowest BCUT2D eigenvalue weighted by molar-refractivity contribution is -0.275. The number of rotatable bonds is 6. The standard InChI is InChI=1S/C28H26F3N7O/c1-18-13-20(10-11-32-18)27-23-14-19(8-9-24(23)33-35-27)25-17-38(36-34-25)22-6-4-12-37(16-22)15-21-5-2-3-7-26(21)39-28(29,30)31/h2-3,5,7-11,13-14,17,22H,4,6,12,15-16H2,1H3,(H,33,35)/t22-/m1/s1. The molecule has 0 spiro atoms. The number of piperidine rings is 1. The van der Waals surface area contributed by atoms with Gasteiger partial charge in [-0.15, -0.1) is 18.3 Å². The van der Waals surface area contributed by atoms with Crippen LogP contribution in [0.4, 0.5) is 13.2 Å². The third-order valence-electron chi connectivity index (χ3n) is 6.99. The molecule has 1 N–H and O–H groups in total. The van der Waals surface area contributed by atoms with Gasteiger partial charge in [0.1, 0.15) is 17.1 Å². The van der Waals surface area contributed by atoms with Crippen LogP contribution in [-0.2, 0) is 6.54 Å². The van der Waals surface area contributed by atoms with Crippen molar-refractivity contribution < 1.29 is 17.9 Å². The Morgan fingerprint density at radius 2 is 1.95 bits per heavy atom. The molecule has 1 fully saturated rings. The van der Waals surface area contributed by atoms with Gasteiger partial charge in [0.05, 0.1) is 17.8 Å². The van der Waals surface area contributed by atoms with Crippen molar-refractivity contribution in [3.05, 3.63) is 78.2 Å². The number of hydrogen-bond donors (Lipinski definition) is 1. The number of H-pyrrole nitrogens is 1. The van der Waals surface area contributed by atoms with Crippen LogP contribution in [-0.4, -0.2) is 54.5 Å². The van der Waals surface area contributed by atoms with Gasteiger partial charge >= 0.3 is 6.36 Å². The Hall–Kier alpha value is -4.25. The van der Waals surface area contributed by atoms with Crippen LogP contribution in [0.1, 0.15) is 30.1 Å². The molecule has 0 amide bonds. The van der Waals surface area contributed by atoms with Gasteiger partial charge in [0, 0.05) is 47.1 Å². The van der Waals surface area contributed by atoms with E-state index < -0.39 is 6.36 Å². The summed E-state index contributed by atoms with van der Waals surface area (Å²) in [6, 6.07) is 16.3. The van der Waals surface area contributed by atoms with Crippen LogP contribution in [0.5, 0.6) is 5.75 Å². The lowest BCUT2D eigenvalue weighted by Gasteiger charge is -2.32. The first-order chi connectivity index (χ1) is 18.8. The summed E-state index contributed by atoms with van der Waals surface area (Å²) in [4.78, 5) is 6.41. The zero-order valence-electron chi connectivity index (χ0n) is 21.2. The maximum atomic E-state index is 12.9. The van der Waals surface area contributed by atoms with Crippen LogP contribution < -0.4 is 4.74 Å². The third kappa shape index (κ3) is 5.49. The highest BCUT2D eigenvalue weighted by atomic mass is 19.4. The number of aryl methyl sites for hydroxylation is 1. The zero-order chi connectivity index (χ0) is 27.0. The van der Waals surface area contributed by atoms with E-state index in [0.29, 0.717) is 18.7 Å². The van der Waals surface area contributed by atoms with Gasteiger partial charge < -0.3 is 4.74 Å². The van der Waals surface area contributed by atoms with Crippen LogP contribution in [0, 0.1) is 6.92 Å². The Kier molecular flexibility index (Phi) is 6.51. The average Bonchev–Trinajstić information content (AvgIpc) is 3.57. The monoisotopic (exact) mass is 533 g/mol. The van der Waals surface area contributed by atoms with E-state index in [4.69, 9.17) is 0 Å². The molecule has 2 aromatic carbocycles. The summed E-state index contributed by atoms with van der Waals surface area (Å²) in [5.41, 5.74) is 5.85. The molecule has 3 aromatic heterocycles. The summed E-state index contributed by atoms with van der Waals surface area (Å²) < 4.78 is 44.7. The number of para-hydroxylation sites is 1. The van der Waals surface area contributed by atoms with Gasteiger partial charge in [-0.05, 0) is 56.6 Å². The molecule has 1 saturated heterocycles. The minimum atomic E-state index is -4.73. The predicted octanol–water partition coefficient (Wildman–Crippen LogP) is 5.93. The minimum Gasteiger partial charge on any atom is -0.405 e. The van der Waals surface area contributed by atoms with Crippen LogP contribution >= 0.6 is 0 Å². The summed E-state index contributed by atoms with van der Waals surface area (Å²) in [7, 11) is 0. The molecule has 200 valence electrons. The Balaban J connectivity index is 1.20. The Morgan fingerprint density at radius 1 is 1.08 bits per heavy atom. The van der Waals surface area contributed by atoms with E-state index in [1.807, 2.05) is 42.1 Å². The number of likely N-dealkylation sites (tertiary alicyclic amines) is 1. The first-order valence-corrected chi connectivity index (χ1v) is 12.7. The van der Waals surface area contributed by atoms with Gasteiger partial charge in [-0.3, -0.25) is 15.0 Å². The van der Waals surface area contributed by atoms with Crippen LogP contribution in [0.15, 0.2) is 67.0 Å². The van der Waals surface area contributed by atoms with Crippen molar-refractivity contribution in [1.29, 1.82) is 0 Å². The van der Waals surface area contributed by atoms with Crippen LogP contribution in [0.2, 0.25) is 0 Å². The molecule has 0 saturated carbocycles. The van der Waals surface area contributed by atoms with Crippen LogP contribution in [0.3, 0.4) is 0 Å². The molecule has 5 aromatic rings. The molecule has 1 aliphatic heterocycles. The lowest BCUT2D eigenvalue weighted by Crippen LogP contribution is -2.36. The molecule has 8 nitrogen and oxygen atoms in total. The van der Waals surface area contributed by atoms with E-state index in [0.717, 1.165) is 58.5 Å². The summed E-state index contributed by atoms with van der Waals surface area (Å²) >= 11 is 0. The van der Waals surface area contributed by atoms with E-state index in [9.17, 15) is 13.2 Å². The molecular weight excluding hydrogens is 507 g/mol. The van der Waals surface area contributed by atoms with Crippen molar-refractivity contribution in [3.8, 4) is 28.3 Å². The molecule has 0 unspecified atom stereocenters. The van der Waals surface area contributed by atoms with Gasteiger partial charge in [-0.2, -0.15) is 5.10 Å². The van der Waals surface area contributed by atoms with Gasteiger partial charge in [-0.25, -0.2) is 4.68 Å². The number of nitrogens with one attached hydrogen (secondary N) is 1. The van der Waals surface area contributed by atoms with Crippen LogP contribution in [0.25, 0.3) is 33.4 Å². The van der Waals surface area contributed by atoms with Crippen molar-refractivity contribution in [1.82, 2.24) is 35.1 Å². The zero-order valence-corrected chi connectivity index (χ0v) is 21.2. The number of ether oxygens (including phenoxy) is 1. The number of aromatic nitrogens is 6. The smallest absolute Gasteiger partial charge is 0.405 e. The van der Waals surface area contributed by atoms with Gasteiger partial charge in [0.25, 0.3) is 0 Å². The quantitative estimate of drug-likeness (QED) is 0.291. The SMILES string of the molecule is Cc1cc(-c2n[nH]c3ccc(-c4cn([C@@H]5CCCN(Cc6ccccc6OC(F)(F)F)C5)nn4)cc23)ccn1. The second kappa shape index (κ2) is 10.1. The number of hydrogen-bond acceptors (Lipinski definition) is 6. The van der Waals surface area contributed by atoms with Crippen molar-refractivity contribution in [2.24, 2.45) is 0 Å². The molecule has 4 heterocycles. The molecule has 1 aliphatic rings. The number of nitrogens with zero attached hydrogens (tertiary/aromatic N) is 6. The Morgan fingerprint density at radius 3 is 2.79 bits per heavy atom. The number of aromatic amines is 1. The van der Waals surface area contributed by atoms with Gasteiger partial charge in [0.15, 0.2) is 0 Å². The molecule has 0 bridgehead atoms. The van der Waals surface area contributed by atoms with Crippen molar-refractivity contribution in [2.45, 2.75) is 38.7 Å². The second-order valence-electron chi connectivity index (χ2n) is 9.79. The van der Waals surface area contributed by atoms with Crippen molar-refractivity contribution >= 4 is 10.9 Å². The number of pyridine rings is 1. The largest absolute Gasteiger partial charge is 0.573 e. The second-order valence-corrected chi connectivity index (χ2v) is 9.79. The Bertz CT molecular complexity index is 1610.